The van der Waals surface area contributed by atoms with Crippen molar-refractivity contribution in [1.29, 1.82) is 0 Å². The third kappa shape index (κ3) is 7.98. The molecule has 0 nitrogen and oxygen atoms in total. The van der Waals surface area contributed by atoms with E-state index >= 15 is 0 Å². The molecule has 2 aliphatic carbocycles. The van der Waals surface area contributed by atoms with Gasteiger partial charge in [0.15, 0.2) is 0 Å². The largest absolute Gasteiger partial charge is 0.109 e. The molecule has 0 aromatic rings. The Labute approximate surface area is 167 Å². The van der Waals surface area contributed by atoms with Crippen LogP contribution in [0.5, 0.6) is 0 Å². The zero-order valence-electron chi connectivity index (χ0n) is 18.9. The fourth-order valence-electron chi connectivity index (χ4n) is 6.05. The van der Waals surface area contributed by atoms with E-state index in [0.29, 0.717) is 10.7 Å². The molecular formula is C25H49B. The van der Waals surface area contributed by atoms with Gasteiger partial charge in [0.1, 0.15) is 7.85 Å². The summed E-state index contributed by atoms with van der Waals surface area (Å²) in [6, 6.07) is 0. The molecule has 2 fully saturated rings. The Bertz CT molecular complexity index is 374. The van der Waals surface area contributed by atoms with Crippen molar-refractivity contribution in [1.82, 2.24) is 0 Å². The van der Waals surface area contributed by atoms with E-state index in [-0.39, 0.29) is 0 Å². The summed E-state index contributed by atoms with van der Waals surface area (Å²) in [4.78, 5) is 0. The minimum atomic E-state index is 0.570. The fraction of sp³-hybridized carbons (Fsp3) is 1.00. The average Bonchev–Trinajstić information content (AvgIpc) is 2.62. The summed E-state index contributed by atoms with van der Waals surface area (Å²) in [6.45, 7) is 7.59. The third-order valence-corrected chi connectivity index (χ3v) is 8.22. The van der Waals surface area contributed by atoms with E-state index in [1.54, 1.807) is 0 Å². The molecule has 0 aromatic carbocycles. The zero-order valence-corrected chi connectivity index (χ0v) is 18.9. The van der Waals surface area contributed by atoms with Crippen molar-refractivity contribution >= 4 is 7.85 Å². The van der Waals surface area contributed by atoms with Gasteiger partial charge in [-0.2, -0.15) is 0 Å². The monoisotopic (exact) mass is 360 g/mol. The smallest absolute Gasteiger partial charge is 0.0655 e. The molecule has 0 bridgehead atoms. The van der Waals surface area contributed by atoms with Crippen LogP contribution in [0.4, 0.5) is 0 Å². The molecule has 2 saturated carbocycles. The van der Waals surface area contributed by atoms with E-state index in [4.69, 9.17) is 0 Å². The standard InChI is InChI=1S/C25H49B/c1-4-25(26)19-13-9-11-16-23-21-24(2,3)18-12-8-6-5-7-10-15-22(23)17-14-20-25/h22-23H,4-21,26H2,1-3H3. The van der Waals surface area contributed by atoms with E-state index in [9.17, 15) is 0 Å². The predicted octanol–water partition coefficient (Wildman–Crippen LogP) is 8.11. The van der Waals surface area contributed by atoms with Crippen LogP contribution >= 0.6 is 0 Å². The Morgan fingerprint density at radius 3 is 1.88 bits per heavy atom. The van der Waals surface area contributed by atoms with Crippen molar-refractivity contribution in [3.05, 3.63) is 0 Å². The lowest BCUT2D eigenvalue weighted by atomic mass is 9.61. The lowest BCUT2D eigenvalue weighted by molar-refractivity contribution is 0.159. The Kier molecular flexibility index (Phi) is 9.60. The molecule has 0 saturated heterocycles. The first-order chi connectivity index (χ1) is 12.4. The van der Waals surface area contributed by atoms with Gasteiger partial charge in [-0.15, -0.1) is 0 Å². The molecule has 3 atom stereocenters. The average molecular weight is 360 g/mol. The van der Waals surface area contributed by atoms with Crippen molar-refractivity contribution in [2.75, 3.05) is 0 Å². The highest BCUT2D eigenvalue weighted by molar-refractivity contribution is 6.15. The molecule has 152 valence electrons. The van der Waals surface area contributed by atoms with Crippen LogP contribution in [0.25, 0.3) is 0 Å². The van der Waals surface area contributed by atoms with Crippen LogP contribution in [0.3, 0.4) is 0 Å². The number of rotatable bonds is 1. The van der Waals surface area contributed by atoms with Gasteiger partial charge in [-0.1, -0.05) is 129 Å². The molecule has 0 amide bonds. The van der Waals surface area contributed by atoms with E-state index in [2.05, 4.69) is 28.6 Å². The van der Waals surface area contributed by atoms with E-state index in [1.165, 1.54) is 116 Å². The van der Waals surface area contributed by atoms with Gasteiger partial charge in [-0.3, -0.25) is 0 Å². The Hall–Kier alpha value is 0.0649. The highest BCUT2D eigenvalue weighted by atomic mass is 14.3. The Morgan fingerprint density at radius 1 is 0.654 bits per heavy atom. The van der Waals surface area contributed by atoms with E-state index < -0.39 is 0 Å². The lowest BCUT2D eigenvalue weighted by Crippen LogP contribution is -2.24. The predicted molar refractivity (Wildman–Crippen MR) is 121 cm³/mol. The van der Waals surface area contributed by atoms with Crippen molar-refractivity contribution in [2.24, 2.45) is 17.3 Å². The van der Waals surface area contributed by atoms with Crippen LogP contribution in [-0.4, -0.2) is 7.85 Å². The SMILES string of the molecule is BC1(CC)CCCCCC2CC(C)(C)CCCCCCCCC2CCC1. The highest BCUT2D eigenvalue weighted by Gasteiger charge is 2.30. The maximum absolute atomic E-state index is 2.58. The normalized spacial score (nSPS) is 36.0. The van der Waals surface area contributed by atoms with Crippen LogP contribution in [0, 0.1) is 17.3 Å². The molecular weight excluding hydrogens is 311 g/mol. The van der Waals surface area contributed by atoms with Crippen molar-refractivity contribution < 1.29 is 0 Å². The number of hydrogen-bond donors (Lipinski definition) is 0. The summed E-state index contributed by atoms with van der Waals surface area (Å²) in [7, 11) is 2.58. The van der Waals surface area contributed by atoms with Gasteiger partial charge in [-0.05, 0) is 30.1 Å². The van der Waals surface area contributed by atoms with Crippen LogP contribution in [0.1, 0.15) is 136 Å². The van der Waals surface area contributed by atoms with Crippen LogP contribution in [0.2, 0.25) is 5.31 Å². The molecule has 0 aliphatic heterocycles. The molecule has 0 aromatic heterocycles. The molecule has 26 heavy (non-hydrogen) atoms. The lowest BCUT2D eigenvalue weighted by Gasteiger charge is -2.36. The number of fused-ring (bicyclic) bond motifs is 1. The Balaban J connectivity index is 2.07. The summed E-state index contributed by atoms with van der Waals surface area (Å²) in [5.41, 5.74) is 0.570. The molecule has 0 radical (unpaired) electrons. The van der Waals surface area contributed by atoms with Gasteiger partial charge in [0.2, 0.25) is 0 Å². The minimum Gasteiger partial charge on any atom is -0.0655 e. The second kappa shape index (κ2) is 11.2. The van der Waals surface area contributed by atoms with Gasteiger partial charge >= 0.3 is 0 Å². The van der Waals surface area contributed by atoms with Gasteiger partial charge in [-0.25, -0.2) is 0 Å². The summed E-state index contributed by atoms with van der Waals surface area (Å²) in [6.07, 6.45) is 26.8. The molecule has 2 aliphatic rings. The molecule has 0 heterocycles. The Morgan fingerprint density at radius 2 is 1.15 bits per heavy atom. The van der Waals surface area contributed by atoms with Crippen molar-refractivity contribution in [3.63, 3.8) is 0 Å². The third-order valence-electron chi connectivity index (χ3n) is 8.22. The molecule has 1 heteroatoms. The highest BCUT2D eigenvalue weighted by Crippen LogP contribution is 2.44. The quantitative estimate of drug-likeness (QED) is 0.414. The van der Waals surface area contributed by atoms with E-state index in [1.807, 2.05) is 0 Å². The van der Waals surface area contributed by atoms with Crippen LogP contribution in [0.15, 0.2) is 0 Å². The molecule has 2 rings (SSSR count). The fourth-order valence-corrected chi connectivity index (χ4v) is 6.05. The molecule has 0 N–H and O–H groups in total. The first kappa shape index (κ1) is 22.4. The molecule has 0 spiro atoms. The van der Waals surface area contributed by atoms with Gasteiger partial charge in [0.05, 0.1) is 0 Å². The van der Waals surface area contributed by atoms with Crippen LogP contribution in [-0.2, 0) is 0 Å². The van der Waals surface area contributed by atoms with Crippen molar-refractivity contribution in [3.8, 4) is 0 Å². The second-order valence-electron chi connectivity index (χ2n) is 11.2. The summed E-state index contributed by atoms with van der Waals surface area (Å²) in [5.74, 6) is 2.03. The van der Waals surface area contributed by atoms with Gasteiger partial charge < -0.3 is 0 Å². The zero-order chi connectivity index (χ0) is 18.9. The summed E-state index contributed by atoms with van der Waals surface area (Å²) in [5, 5.41) is 0.629. The minimum absolute atomic E-state index is 0.570. The van der Waals surface area contributed by atoms with Crippen molar-refractivity contribution in [2.45, 2.75) is 142 Å². The topological polar surface area (TPSA) is 0 Å². The maximum atomic E-state index is 2.58. The van der Waals surface area contributed by atoms with Gasteiger partial charge in [0, 0.05) is 0 Å². The second-order valence-corrected chi connectivity index (χ2v) is 11.2. The summed E-state index contributed by atoms with van der Waals surface area (Å²) >= 11 is 0. The first-order valence-corrected chi connectivity index (χ1v) is 12.4. The van der Waals surface area contributed by atoms with Gasteiger partial charge in [0.25, 0.3) is 0 Å². The van der Waals surface area contributed by atoms with Crippen LogP contribution < -0.4 is 0 Å². The first-order valence-electron chi connectivity index (χ1n) is 12.4. The van der Waals surface area contributed by atoms with E-state index in [0.717, 1.165) is 11.8 Å². The summed E-state index contributed by atoms with van der Waals surface area (Å²) < 4.78 is 0. The maximum Gasteiger partial charge on any atom is 0.109 e. The molecule has 3 unspecified atom stereocenters. The number of hydrogen-bond acceptors (Lipinski definition) is 0.